The number of nitrogens with zero attached hydrogens (tertiary/aromatic N) is 1. The zero-order valence-electron chi connectivity index (χ0n) is 10.8. The number of halogens is 2. The van der Waals surface area contributed by atoms with Crippen molar-refractivity contribution < 1.29 is 13.6 Å². The van der Waals surface area contributed by atoms with Crippen LogP contribution in [0.5, 0.6) is 0 Å². The van der Waals surface area contributed by atoms with Gasteiger partial charge in [0.2, 0.25) is 5.91 Å². The third-order valence-electron chi connectivity index (χ3n) is 2.75. The molecule has 0 spiro atoms. The third-order valence-corrected chi connectivity index (χ3v) is 2.75. The SMILES string of the molecule is CCN(CC)C(=O)C(C)Nc1ccc(F)c(F)c1. The van der Waals surface area contributed by atoms with Crippen molar-refractivity contribution in [2.75, 3.05) is 18.4 Å². The molecule has 1 N–H and O–H groups in total. The van der Waals surface area contributed by atoms with Crippen LogP contribution in [-0.4, -0.2) is 29.9 Å². The summed E-state index contributed by atoms with van der Waals surface area (Å²) >= 11 is 0. The van der Waals surface area contributed by atoms with E-state index in [0.717, 1.165) is 12.1 Å². The van der Waals surface area contributed by atoms with E-state index in [2.05, 4.69) is 5.32 Å². The molecule has 1 unspecified atom stereocenters. The van der Waals surface area contributed by atoms with Crippen LogP contribution in [-0.2, 0) is 4.79 Å². The first-order valence-electron chi connectivity index (χ1n) is 6.00. The Bertz CT molecular complexity index is 419. The quantitative estimate of drug-likeness (QED) is 0.878. The van der Waals surface area contributed by atoms with Gasteiger partial charge in [0.05, 0.1) is 0 Å². The summed E-state index contributed by atoms with van der Waals surface area (Å²) in [7, 11) is 0. The van der Waals surface area contributed by atoms with Crippen molar-refractivity contribution in [3.63, 3.8) is 0 Å². The van der Waals surface area contributed by atoms with Crippen LogP contribution in [0.4, 0.5) is 14.5 Å². The number of hydrogen-bond acceptors (Lipinski definition) is 2. The summed E-state index contributed by atoms with van der Waals surface area (Å²) in [6, 6.07) is 3.01. The number of nitrogens with one attached hydrogen (secondary N) is 1. The minimum absolute atomic E-state index is 0.0651. The van der Waals surface area contributed by atoms with E-state index in [9.17, 15) is 13.6 Å². The molecule has 0 bridgehead atoms. The molecule has 5 heteroatoms. The van der Waals surface area contributed by atoms with Crippen molar-refractivity contribution in [2.45, 2.75) is 26.8 Å². The molecule has 0 aliphatic heterocycles. The Labute approximate surface area is 106 Å². The molecule has 1 aromatic carbocycles. The molecule has 18 heavy (non-hydrogen) atoms. The van der Waals surface area contributed by atoms with Gasteiger partial charge in [-0.15, -0.1) is 0 Å². The molecule has 1 amide bonds. The molecular weight excluding hydrogens is 238 g/mol. The second-order valence-electron chi connectivity index (χ2n) is 4.01. The Hall–Kier alpha value is -1.65. The van der Waals surface area contributed by atoms with Crippen molar-refractivity contribution in [1.29, 1.82) is 0 Å². The first-order chi connectivity index (χ1) is 8.49. The van der Waals surface area contributed by atoms with Crippen LogP contribution < -0.4 is 5.32 Å². The highest BCUT2D eigenvalue weighted by atomic mass is 19.2. The number of anilines is 1. The maximum Gasteiger partial charge on any atom is 0.244 e. The number of likely N-dealkylation sites (N-methyl/N-ethyl adjacent to an activating group) is 1. The maximum atomic E-state index is 13.0. The van der Waals surface area contributed by atoms with Crippen LogP contribution in [0.15, 0.2) is 18.2 Å². The van der Waals surface area contributed by atoms with Gasteiger partial charge in [-0.2, -0.15) is 0 Å². The van der Waals surface area contributed by atoms with E-state index in [4.69, 9.17) is 0 Å². The molecule has 0 aromatic heterocycles. The van der Waals surface area contributed by atoms with Gasteiger partial charge in [0.25, 0.3) is 0 Å². The summed E-state index contributed by atoms with van der Waals surface area (Å²) in [6.07, 6.45) is 0. The first-order valence-corrected chi connectivity index (χ1v) is 6.00. The summed E-state index contributed by atoms with van der Waals surface area (Å²) in [5.41, 5.74) is 0.391. The van der Waals surface area contributed by atoms with Gasteiger partial charge in [0, 0.05) is 24.8 Å². The normalized spacial score (nSPS) is 12.1. The minimum Gasteiger partial charge on any atom is -0.374 e. The number of hydrogen-bond donors (Lipinski definition) is 1. The van der Waals surface area contributed by atoms with Gasteiger partial charge in [-0.3, -0.25) is 4.79 Å². The zero-order chi connectivity index (χ0) is 13.7. The molecule has 0 aliphatic carbocycles. The van der Waals surface area contributed by atoms with Crippen LogP contribution >= 0.6 is 0 Å². The minimum atomic E-state index is -0.928. The van der Waals surface area contributed by atoms with E-state index in [1.54, 1.807) is 11.8 Å². The Morgan fingerprint density at radius 2 is 1.89 bits per heavy atom. The van der Waals surface area contributed by atoms with Crippen LogP contribution in [0.3, 0.4) is 0 Å². The zero-order valence-corrected chi connectivity index (χ0v) is 10.8. The Kier molecular flexibility index (Phi) is 5.07. The fourth-order valence-corrected chi connectivity index (χ4v) is 1.71. The smallest absolute Gasteiger partial charge is 0.244 e. The van der Waals surface area contributed by atoms with Gasteiger partial charge in [-0.05, 0) is 32.9 Å². The van der Waals surface area contributed by atoms with E-state index in [1.165, 1.54) is 6.07 Å². The van der Waals surface area contributed by atoms with Gasteiger partial charge in [-0.1, -0.05) is 0 Å². The van der Waals surface area contributed by atoms with E-state index in [0.29, 0.717) is 18.8 Å². The first kappa shape index (κ1) is 14.4. The molecule has 0 fully saturated rings. The molecule has 1 rings (SSSR count). The predicted octanol–water partition coefficient (Wildman–Crippen LogP) is 2.63. The molecule has 0 saturated carbocycles. The Balaban J connectivity index is 2.71. The monoisotopic (exact) mass is 256 g/mol. The van der Waals surface area contributed by atoms with Crippen molar-refractivity contribution >= 4 is 11.6 Å². The second kappa shape index (κ2) is 6.33. The molecule has 0 radical (unpaired) electrons. The Morgan fingerprint density at radius 3 is 2.39 bits per heavy atom. The van der Waals surface area contributed by atoms with Gasteiger partial charge >= 0.3 is 0 Å². The van der Waals surface area contributed by atoms with Crippen LogP contribution in [0.2, 0.25) is 0 Å². The standard InChI is InChI=1S/C13H18F2N2O/c1-4-17(5-2)13(18)9(3)16-10-6-7-11(14)12(15)8-10/h6-9,16H,4-5H2,1-3H3. The summed E-state index contributed by atoms with van der Waals surface area (Å²) in [5.74, 6) is -1.89. The molecule has 0 heterocycles. The molecule has 1 aromatic rings. The highest BCUT2D eigenvalue weighted by Gasteiger charge is 2.18. The fourth-order valence-electron chi connectivity index (χ4n) is 1.71. The van der Waals surface area contributed by atoms with Crippen molar-refractivity contribution in [1.82, 2.24) is 4.90 Å². The molecule has 3 nitrogen and oxygen atoms in total. The average molecular weight is 256 g/mol. The van der Waals surface area contributed by atoms with Crippen molar-refractivity contribution in [3.05, 3.63) is 29.8 Å². The van der Waals surface area contributed by atoms with E-state index < -0.39 is 17.7 Å². The lowest BCUT2D eigenvalue weighted by molar-refractivity contribution is -0.131. The number of amides is 1. The van der Waals surface area contributed by atoms with Gasteiger partial charge in [0.15, 0.2) is 11.6 Å². The van der Waals surface area contributed by atoms with Crippen LogP contribution in [0, 0.1) is 11.6 Å². The highest BCUT2D eigenvalue weighted by Crippen LogP contribution is 2.14. The largest absolute Gasteiger partial charge is 0.374 e. The topological polar surface area (TPSA) is 32.3 Å². The van der Waals surface area contributed by atoms with Crippen molar-refractivity contribution in [2.24, 2.45) is 0 Å². The number of rotatable bonds is 5. The number of benzene rings is 1. The summed E-state index contributed by atoms with van der Waals surface area (Å²) in [6.45, 7) is 6.73. The lowest BCUT2D eigenvalue weighted by Gasteiger charge is -2.24. The second-order valence-corrected chi connectivity index (χ2v) is 4.01. The summed E-state index contributed by atoms with van der Waals surface area (Å²) < 4.78 is 25.8. The molecule has 100 valence electrons. The summed E-state index contributed by atoms with van der Waals surface area (Å²) in [5, 5.41) is 2.86. The fraction of sp³-hybridized carbons (Fsp3) is 0.462. The molecule has 1 atom stereocenters. The van der Waals surface area contributed by atoms with E-state index in [-0.39, 0.29) is 5.91 Å². The highest BCUT2D eigenvalue weighted by molar-refractivity contribution is 5.84. The number of carbonyl (C=O) groups excluding carboxylic acids is 1. The van der Waals surface area contributed by atoms with Gasteiger partial charge in [-0.25, -0.2) is 8.78 Å². The van der Waals surface area contributed by atoms with E-state index in [1.807, 2.05) is 13.8 Å². The van der Waals surface area contributed by atoms with Gasteiger partial charge < -0.3 is 10.2 Å². The lowest BCUT2D eigenvalue weighted by Crippen LogP contribution is -2.41. The average Bonchev–Trinajstić information content (AvgIpc) is 2.35. The molecule has 0 saturated heterocycles. The lowest BCUT2D eigenvalue weighted by atomic mass is 10.2. The molecule has 0 aliphatic rings. The third kappa shape index (κ3) is 3.42. The maximum absolute atomic E-state index is 13.0. The van der Waals surface area contributed by atoms with Crippen LogP contribution in [0.1, 0.15) is 20.8 Å². The number of carbonyl (C=O) groups is 1. The van der Waals surface area contributed by atoms with Gasteiger partial charge in [0.1, 0.15) is 6.04 Å². The molecular formula is C13H18F2N2O. The predicted molar refractivity (Wildman–Crippen MR) is 67.4 cm³/mol. The summed E-state index contributed by atoms with van der Waals surface area (Å²) in [4.78, 5) is 13.6. The van der Waals surface area contributed by atoms with Crippen LogP contribution in [0.25, 0.3) is 0 Å². The van der Waals surface area contributed by atoms with Crippen molar-refractivity contribution in [3.8, 4) is 0 Å². The Morgan fingerprint density at radius 1 is 1.28 bits per heavy atom. The van der Waals surface area contributed by atoms with E-state index >= 15 is 0 Å².